The number of rotatable bonds is 4. The Morgan fingerprint density at radius 3 is 2.00 bits per heavy atom. The van der Waals surface area contributed by atoms with Crippen molar-refractivity contribution in [2.45, 2.75) is 52.7 Å². The number of nitrogens with two attached hydrogens (primary N) is 1. The first-order valence-electron chi connectivity index (χ1n) is 5.16. The number of ether oxygens (including phenoxy) is 1. The molecule has 0 amide bonds. The fourth-order valence-electron chi connectivity index (χ4n) is 1.19. The molecular weight excluding hydrogens is 210 g/mol. The predicted molar refractivity (Wildman–Crippen MR) is 59.9 cm³/mol. The highest BCUT2D eigenvalue weighted by molar-refractivity contribution is 5.77. The van der Waals surface area contributed by atoms with Crippen LogP contribution in [0.15, 0.2) is 0 Å². The number of esters is 1. The van der Waals surface area contributed by atoms with Gasteiger partial charge in [0.15, 0.2) is 0 Å². The zero-order valence-electron chi connectivity index (χ0n) is 10.5. The molecule has 0 spiro atoms. The van der Waals surface area contributed by atoms with E-state index in [4.69, 9.17) is 15.6 Å². The van der Waals surface area contributed by atoms with Crippen LogP contribution in [0, 0.1) is 5.41 Å². The zero-order valence-corrected chi connectivity index (χ0v) is 10.5. The molecule has 0 aromatic rings. The molecule has 0 saturated carbocycles. The molecule has 0 aliphatic rings. The molecule has 1 atom stereocenters. The molecule has 0 aliphatic heterocycles. The van der Waals surface area contributed by atoms with E-state index in [1.807, 2.05) is 0 Å². The summed E-state index contributed by atoms with van der Waals surface area (Å²) in [4.78, 5) is 22.3. The van der Waals surface area contributed by atoms with Gasteiger partial charge in [-0.3, -0.25) is 9.59 Å². The lowest BCUT2D eigenvalue weighted by molar-refractivity contribution is -0.158. The number of carbonyl (C=O) groups excluding carboxylic acids is 1. The average Bonchev–Trinajstić information content (AvgIpc) is 1.97. The summed E-state index contributed by atoms with van der Waals surface area (Å²) < 4.78 is 5.12. The first kappa shape index (κ1) is 14.9. The summed E-state index contributed by atoms with van der Waals surface area (Å²) in [7, 11) is 0. The Hall–Kier alpha value is -1.10. The van der Waals surface area contributed by atoms with Gasteiger partial charge in [0.2, 0.25) is 0 Å². The lowest BCUT2D eigenvalue weighted by atomic mass is 9.81. The third kappa shape index (κ3) is 5.11. The maximum atomic E-state index is 11.5. The van der Waals surface area contributed by atoms with Crippen LogP contribution in [0.2, 0.25) is 0 Å². The van der Waals surface area contributed by atoms with Crippen LogP contribution in [0.3, 0.4) is 0 Å². The normalized spacial score (nSPS) is 14.4. The Labute approximate surface area is 96.0 Å². The molecule has 0 bridgehead atoms. The molecule has 94 valence electrons. The summed E-state index contributed by atoms with van der Waals surface area (Å²) in [5.74, 6) is -1.55. The predicted octanol–water partition coefficient (Wildman–Crippen LogP) is 1.16. The maximum absolute atomic E-state index is 11.5. The summed E-state index contributed by atoms with van der Waals surface area (Å²) in [6.07, 6.45) is -0.0161. The molecule has 5 nitrogen and oxygen atoms in total. The van der Waals surface area contributed by atoms with Crippen molar-refractivity contribution in [2.24, 2.45) is 11.1 Å². The summed E-state index contributed by atoms with van der Waals surface area (Å²) in [5, 5.41) is 8.79. The summed E-state index contributed by atoms with van der Waals surface area (Å²) >= 11 is 0. The van der Waals surface area contributed by atoms with Crippen molar-refractivity contribution in [1.82, 2.24) is 0 Å². The molecule has 0 aromatic heterocycles. The van der Waals surface area contributed by atoms with Gasteiger partial charge in [-0.25, -0.2) is 0 Å². The van der Waals surface area contributed by atoms with Gasteiger partial charge in [-0.05, 0) is 20.8 Å². The summed E-state index contributed by atoms with van der Waals surface area (Å²) in [5.41, 5.74) is 4.10. The first-order chi connectivity index (χ1) is 6.96. The molecule has 0 heterocycles. The second kappa shape index (κ2) is 4.82. The van der Waals surface area contributed by atoms with Crippen LogP contribution in [-0.2, 0) is 14.3 Å². The number of carbonyl (C=O) groups is 2. The van der Waals surface area contributed by atoms with Crippen molar-refractivity contribution in [2.75, 3.05) is 0 Å². The van der Waals surface area contributed by atoms with Crippen molar-refractivity contribution >= 4 is 11.9 Å². The number of carboxylic acids is 1. The highest BCUT2D eigenvalue weighted by Gasteiger charge is 2.35. The van der Waals surface area contributed by atoms with E-state index >= 15 is 0 Å². The second-order valence-electron chi connectivity index (χ2n) is 5.57. The van der Waals surface area contributed by atoms with E-state index in [-0.39, 0.29) is 6.42 Å². The topological polar surface area (TPSA) is 89.6 Å². The molecular formula is C11H21NO4. The molecule has 0 rings (SSSR count). The largest absolute Gasteiger partial charge is 0.480 e. The number of aliphatic carboxylic acids is 1. The van der Waals surface area contributed by atoms with Gasteiger partial charge in [0.25, 0.3) is 0 Å². The van der Waals surface area contributed by atoms with Gasteiger partial charge in [-0.2, -0.15) is 0 Å². The summed E-state index contributed by atoms with van der Waals surface area (Å²) in [6.45, 7) is 8.55. The van der Waals surface area contributed by atoms with Gasteiger partial charge in [0.1, 0.15) is 11.6 Å². The van der Waals surface area contributed by atoms with Crippen LogP contribution in [0.5, 0.6) is 0 Å². The van der Waals surface area contributed by atoms with Crippen LogP contribution in [0.1, 0.15) is 41.0 Å². The van der Waals surface area contributed by atoms with Crippen LogP contribution in [-0.4, -0.2) is 28.7 Å². The second-order valence-corrected chi connectivity index (χ2v) is 5.57. The van der Waals surface area contributed by atoms with Crippen molar-refractivity contribution in [1.29, 1.82) is 0 Å². The standard InChI is InChI=1S/C11H21NO4/c1-10(2,3)16-7(13)6-11(4,5)8(12)9(14)15/h8H,6,12H2,1-5H3,(H,14,15). The Bertz CT molecular complexity index is 278. The molecule has 0 saturated heterocycles. The van der Waals surface area contributed by atoms with Crippen LogP contribution in [0.4, 0.5) is 0 Å². The molecule has 16 heavy (non-hydrogen) atoms. The SMILES string of the molecule is CC(C)(C)OC(=O)CC(C)(C)C(N)C(=O)O. The van der Waals surface area contributed by atoms with Gasteiger partial charge in [0, 0.05) is 5.41 Å². The van der Waals surface area contributed by atoms with Crippen LogP contribution in [0.25, 0.3) is 0 Å². The zero-order chi connectivity index (χ0) is 13.1. The van der Waals surface area contributed by atoms with Crippen molar-refractivity contribution < 1.29 is 19.4 Å². The van der Waals surface area contributed by atoms with Crippen LogP contribution < -0.4 is 5.73 Å². The molecule has 3 N–H and O–H groups in total. The van der Waals surface area contributed by atoms with E-state index in [9.17, 15) is 9.59 Å². The minimum Gasteiger partial charge on any atom is -0.480 e. The number of hydrogen-bond donors (Lipinski definition) is 2. The van der Waals surface area contributed by atoms with Gasteiger partial charge >= 0.3 is 11.9 Å². The smallest absolute Gasteiger partial charge is 0.321 e. The molecule has 0 fully saturated rings. The Morgan fingerprint density at radius 1 is 1.25 bits per heavy atom. The van der Waals surface area contributed by atoms with E-state index in [1.54, 1.807) is 34.6 Å². The van der Waals surface area contributed by atoms with Gasteiger partial charge in [-0.1, -0.05) is 13.8 Å². The molecule has 1 unspecified atom stereocenters. The molecule has 0 radical (unpaired) electrons. The lowest BCUT2D eigenvalue weighted by Crippen LogP contribution is -2.45. The molecule has 0 aromatic carbocycles. The average molecular weight is 231 g/mol. The highest BCUT2D eigenvalue weighted by Crippen LogP contribution is 2.25. The highest BCUT2D eigenvalue weighted by atomic mass is 16.6. The third-order valence-electron chi connectivity index (χ3n) is 2.13. The number of carboxylic acid groups (broad SMARTS) is 1. The van der Waals surface area contributed by atoms with Gasteiger partial charge < -0.3 is 15.6 Å². The van der Waals surface area contributed by atoms with E-state index in [1.165, 1.54) is 0 Å². The Morgan fingerprint density at radius 2 is 1.69 bits per heavy atom. The summed E-state index contributed by atoms with van der Waals surface area (Å²) in [6, 6.07) is -1.08. The van der Waals surface area contributed by atoms with Crippen molar-refractivity contribution in [3.63, 3.8) is 0 Å². The monoisotopic (exact) mass is 231 g/mol. The van der Waals surface area contributed by atoms with Gasteiger partial charge in [-0.15, -0.1) is 0 Å². The Kier molecular flexibility index (Phi) is 4.49. The lowest BCUT2D eigenvalue weighted by Gasteiger charge is -2.29. The Balaban J connectivity index is 4.48. The fraction of sp³-hybridized carbons (Fsp3) is 0.818. The van der Waals surface area contributed by atoms with Crippen molar-refractivity contribution in [3.8, 4) is 0 Å². The van der Waals surface area contributed by atoms with Crippen molar-refractivity contribution in [3.05, 3.63) is 0 Å². The maximum Gasteiger partial charge on any atom is 0.321 e. The fourth-order valence-corrected chi connectivity index (χ4v) is 1.19. The molecule has 5 heteroatoms. The molecule has 0 aliphatic carbocycles. The first-order valence-corrected chi connectivity index (χ1v) is 5.16. The quantitative estimate of drug-likeness (QED) is 0.708. The van der Waals surface area contributed by atoms with E-state index in [0.717, 1.165) is 0 Å². The van der Waals surface area contributed by atoms with E-state index in [0.29, 0.717) is 0 Å². The minimum atomic E-state index is -1.12. The minimum absolute atomic E-state index is 0.0161. The third-order valence-corrected chi connectivity index (χ3v) is 2.13. The van der Waals surface area contributed by atoms with E-state index in [2.05, 4.69) is 0 Å². The van der Waals surface area contributed by atoms with Gasteiger partial charge in [0.05, 0.1) is 6.42 Å². The number of hydrogen-bond acceptors (Lipinski definition) is 4. The van der Waals surface area contributed by atoms with Crippen LogP contribution >= 0.6 is 0 Å². The van der Waals surface area contributed by atoms with E-state index < -0.39 is 29.0 Å².